The number of carbonyl (C=O) groups is 1. The second-order valence-electron chi connectivity index (χ2n) is 3.59. The molecule has 1 aliphatic heterocycles. The van der Waals surface area contributed by atoms with Crippen molar-refractivity contribution in [1.82, 2.24) is 5.32 Å². The summed E-state index contributed by atoms with van der Waals surface area (Å²) < 4.78 is 4.98. The van der Waals surface area contributed by atoms with Crippen molar-refractivity contribution in [1.29, 1.82) is 0 Å². The molecule has 1 amide bonds. The van der Waals surface area contributed by atoms with Crippen molar-refractivity contribution in [3.8, 4) is 0 Å². The van der Waals surface area contributed by atoms with Crippen LogP contribution in [0.25, 0.3) is 6.08 Å². The average molecular weight is 238 g/mol. The predicted molar refractivity (Wildman–Crippen MR) is 63.2 cm³/mol. The van der Waals surface area contributed by atoms with Crippen LogP contribution >= 0.6 is 11.6 Å². The van der Waals surface area contributed by atoms with Crippen LogP contribution in [0.3, 0.4) is 0 Å². The summed E-state index contributed by atoms with van der Waals surface area (Å²) in [6.45, 7) is 1.34. The van der Waals surface area contributed by atoms with Gasteiger partial charge >= 0.3 is 0 Å². The fraction of sp³-hybridized carbons (Fsp3) is 0.250. The van der Waals surface area contributed by atoms with Crippen molar-refractivity contribution in [2.45, 2.75) is 6.10 Å². The maximum atomic E-state index is 11.3. The highest BCUT2D eigenvalue weighted by Crippen LogP contribution is 2.10. The van der Waals surface area contributed by atoms with Crippen LogP contribution in [0.15, 0.2) is 30.3 Å². The molecule has 0 saturated carbocycles. The normalized spacial score (nSPS) is 18.7. The zero-order chi connectivity index (χ0) is 11.4. The van der Waals surface area contributed by atoms with Crippen LogP contribution in [0.5, 0.6) is 0 Å². The summed E-state index contributed by atoms with van der Waals surface area (Å²) in [6, 6.07) is 7.29. The molecular formula is C12H12ClNO2. The molecule has 84 valence electrons. The molecule has 1 aromatic rings. The minimum absolute atomic E-state index is 0.106. The van der Waals surface area contributed by atoms with Gasteiger partial charge in [-0.1, -0.05) is 23.7 Å². The van der Waals surface area contributed by atoms with E-state index in [1.807, 2.05) is 12.1 Å². The molecule has 16 heavy (non-hydrogen) atoms. The summed E-state index contributed by atoms with van der Waals surface area (Å²) in [5.41, 5.74) is 0.947. The van der Waals surface area contributed by atoms with Crippen LogP contribution in [0.1, 0.15) is 5.56 Å². The van der Waals surface area contributed by atoms with Gasteiger partial charge in [0.25, 0.3) is 0 Å². The van der Waals surface area contributed by atoms with Crippen molar-refractivity contribution in [2.24, 2.45) is 0 Å². The predicted octanol–water partition coefficient (Wildman–Crippen LogP) is 1.87. The molecule has 0 spiro atoms. The molecule has 1 aromatic carbocycles. The van der Waals surface area contributed by atoms with E-state index in [0.717, 1.165) is 12.2 Å². The lowest BCUT2D eigenvalue weighted by Crippen LogP contribution is -2.25. The molecule has 0 radical (unpaired) electrons. The number of epoxide rings is 1. The van der Waals surface area contributed by atoms with Gasteiger partial charge in [0.05, 0.1) is 12.7 Å². The van der Waals surface area contributed by atoms with Crippen LogP contribution < -0.4 is 5.32 Å². The Morgan fingerprint density at radius 2 is 2.19 bits per heavy atom. The van der Waals surface area contributed by atoms with Crippen LogP contribution in [0.2, 0.25) is 5.02 Å². The van der Waals surface area contributed by atoms with Gasteiger partial charge in [-0.25, -0.2) is 0 Å². The summed E-state index contributed by atoms with van der Waals surface area (Å²) in [5, 5.41) is 3.44. The first-order valence-corrected chi connectivity index (χ1v) is 5.45. The molecule has 3 nitrogen and oxygen atoms in total. The fourth-order valence-corrected chi connectivity index (χ4v) is 1.33. The molecule has 1 heterocycles. The molecule has 1 atom stereocenters. The third-order valence-corrected chi connectivity index (χ3v) is 2.46. The molecule has 1 N–H and O–H groups in total. The molecule has 0 unspecified atom stereocenters. The summed E-state index contributed by atoms with van der Waals surface area (Å²) in [5.74, 6) is -0.106. The Labute approximate surface area is 99.1 Å². The van der Waals surface area contributed by atoms with Crippen LogP contribution in [0.4, 0.5) is 0 Å². The highest BCUT2D eigenvalue weighted by Gasteiger charge is 2.22. The monoisotopic (exact) mass is 237 g/mol. The smallest absolute Gasteiger partial charge is 0.244 e. The first-order valence-electron chi connectivity index (χ1n) is 5.07. The number of ether oxygens (including phenoxy) is 1. The van der Waals surface area contributed by atoms with Crippen molar-refractivity contribution in [3.63, 3.8) is 0 Å². The van der Waals surface area contributed by atoms with Crippen molar-refractivity contribution < 1.29 is 9.53 Å². The minimum atomic E-state index is -0.106. The molecular weight excluding hydrogens is 226 g/mol. The van der Waals surface area contributed by atoms with E-state index in [2.05, 4.69) is 5.32 Å². The zero-order valence-corrected chi connectivity index (χ0v) is 9.41. The van der Waals surface area contributed by atoms with E-state index in [0.29, 0.717) is 11.6 Å². The van der Waals surface area contributed by atoms with Gasteiger partial charge in [0, 0.05) is 17.6 Å². The number of hydrogen-bond acceptors (Lipinski definition) is 2. The number of nitrogens with one attached hydrogen (secondary N) is 1. The van der Waals surface area contributed by atoms with Crippen molar-refractivity contribution in [3.05, 3.63) is 40.9 Å². The van der Waals surface area contributed by atoms with Gasteiger partial charge in [-0.2, -0.15) is 0 Å². The molecule has 4 heteroatoms. The largest absolute Gasteiger partial charge is 0.371 e. The Kier molecular flexibility index (Phi) is 3.59. The molecule has 0 bridgehead atoms. The number of halogens is 1. The van der Waals surface area contributed by atoms with E-state index in [1.54, 1.807) is 18.2 Å². The second kappa shape index (κ2) is 5.14. The maximum Gasteiger partial charge on any atom is 0.244 e. The van der Waals surface area contributed by atoms with Gasteiger partial charge in [0.15, 0.2) is 0 Å². The third kappa shape index (κ3) is 3.68. The van der Waals surface area contributed by atoms with E-state index in [4.69, 9.17) is 16.3 Å². The molecule has 1 aliphatic rings. The quantitative estimate of drug-likeness (QED) is 0.642. The van der Waals surface area contributed by atoms with Crippen LogP contribution in [-0.4, -0.2) is 25.2 Å². The Balaban J connectivity index is 1.82. The minimum Gasteiger partial charge on any atom is -0.371 e. The average Bonchev–Trinajstić information content (AvgIpc) is 3.09. The van der Waals surface area contributed by atoms with Gasteiger partial charge in [-0.15, -0.1) is 0 Å². The van der Waals surface area contributed by atoms with Crippen molar-refractivity contribution >= 4 is 23.6 Å². The first kappa shape index (κ1) is 11.2. The van der Waals surface area contributed by atoms with Crippen molar-refractivity contribution in [2.75, 3.05) is 13.2 Å². The summed E-state index contributed by atoms with van der Waals surface area (Å²) in [6.07, 6.45) is 3.47. The number of carbonyl (C=O) groups excluding carboxylic acids is 1. The topological polar surface area (TPSA) is 41.6 Å². The Morgan fingerprint density at radius 1 is 1.50 bits per heavy atom. The summed E-state index contributed by atoms with van der Waals surface area (Å²) in [4.78, 5) is 11.3. The maximum absolute atomic E-state index is 11.3. The second-order valence-corrected chi connectivity index (χ2v) is 4.02. The number of rotatable bonds is 4. The molecule has 2 rings (SSSR count). The number of amides is 1. The standard InChI is InChI=1S/C12H12ClNO2/c13-10-4-1-9(2-5-10)3-6-12(15)14-7-11-8-16-11/h1-6,11H,7-8H2,(H,14,15)/b6-3+/t11-/m1/s1. The van der Waals surface area contributed by atoms with Crippen LogP contribution in [0, 0.1) is 0 Å². The zero-order valence-electron chi connectivity index (χ0n) is 8.65. The molecule has 0 aromatic heterocycles. The van der Waals surface area contributed by atoms with E-state index < -0.39 is 0 Å². The third-order valence-electron chi connectivity index (χ3n) is 2.20. The first-order chi connectivity index (χ1) is 7.74. The Morgan fingerprint density at radius 3 is 2.81 bits per heavy atom. The summed E-state index contributed by atoms with van der Waals surface area (Å²) >= 11 is 5.75. The number of benzene rings is 1. The molecule has 0 aliphatic carbocycles. The van der Waals surface area contributed by atoms with E-state index in [1.165, 1.54) is 6.08 Å². The lowest BCUT2D eigenvalue weighted by atomic mass is 10.2. The molecule has 1 saturated heterocycles. The van der Waals surface area contributed by atoms with Crippen LogP contribution in [-0.2, 0) is 9.53 Å². The fourth-order valence-electron chi connectivity index (χ4n) is 1.21. The van der Waals surface area contributed by atoms with Gasteiger partial charge in [-0.05, 0) is 23.8 Å². The summed E-state index contributed by atoms with van der Waals surface area (Å²) in [7, 11) is 0. The highest BCUT2D eigenvalue weighted by atomic mass is 35.5. The number of hydrogen-bond donors (Lipinski definition) is 1. The van der Waals surface area contributed by atoms with Gasteiger partial charge in [0.2, 0.25) is 5.91 Å². The van der Waals surface area contributed by atoms with E-state index in [-0.39, 0.29) is 12.0 Å². The SMILES string of the molecule is O=C(/C=C/c1ccc(Cl)cc1)NC[C@@H]1CO1. The Hall–Kier alpha value is -1.32. The molecule has 1 fully saturated rings. The lowest BCUT2D eigenvalue weighted by Gasteiger charge is -1.97. The van der Waals surface area contributed by atoms with Gasteiger partial charge in [-0.3, -0.25) is 4.79 Å². The van der Waals surface area contributed by atoms with E-state index >= 15 is 0 Å². The van der Waals surface area contributed by atoms with Gasteiger partial charge in [0.1, 0.15) is 0 Å². The highest BCUT2D eigenvalue weighted by molar-refractivity contribution is 6.30. The van der Waals surface area contributed by atoms with E-state index in [9.17, 15) is 4.79 Å². The lowest BCUT2D eigenvalue weighted by molar-refractivity contribution is -0.116. The van der Waals surface area contributed by atoms with Gasteiger partial charge < -0.3 is 10.1 Å². The Bertz CT molecular complexity index is 396.